The van der Waals surface area contributed by atoms with Crippen molar-refractivity contribution in [3.05, 3.63) is 53.9 Å². The first-order valence-corrected chi connectivity index (χ1v) is 7.30. The zero-order valence-electron chi connectivity index (χ0n) is 13.2. The number of hydrogen-bond donors (Lipinski definition) is 2. The van der Waals surface area contributed by atoms with Crippen LogP contribution in [-0.4, -0.2) is 35.2 Å². The summed E-state index contributed by atoms with van der Waals surface area (Å²) in [5.41, 5.74) is 6.16. The Bertz CT molecular complexity index is 655. The second-order valence-electron chi connectivity index (χ2n) is 5.25. The summed E-state index contributed by atoms with van der Waals surface area (Å²) in [6, 6.07) is 5.55. The van der Waals surface area contributed by atoms with Gasteiger partial charge in [0.25, 0.3) is 0 Å². The number of nitrogens with two attached hydrogens (primary N) is 1. The minimum atomic E-state index is -0.548. The standard InChI is InChI=1S/C16H21FN4O2/c1-21-7-6-19-16(21)15(11-4-3-5-12(17)8-11)20-14(22)9-13(10-18)23-2/h3-8,13,15H,9-10,18H2,1-2H3,(H,20,22). The predicted molar refractivity (Wildman–Crippen MR) is 84.1 cm³/mol. The summed E-state index contributed by atoms with van der Waals surface area (Å²) in [5.74, 6) is 0.0120. The van der Waals surface area contributed by atoms with Crippen LogP contribution in [0, 0.1) is 5.82 Å². The predicted octanol–water partition coefficient (Wildman–Crippen LogP) is 1.13. The van der Waals surface area contributed by atoms with Crippen LogP contribution in [-0.2, 0) is 16.6 Å². The average molecular weight is 320 g/mol. The van der Waals surface area contributed by atoms with Crippen LogP contribution in [0.4, 0.5) is 4.39 Å². The van der Waals surface area contributed by atoms with Crippen LogP contribution in [0.1, 0.15) is 23.9 Å². The van der Waals surface area contributed by atoms with Gasteiger partial charge in [-0.25, -0.2) is 9.37 Å². The summed E-state index contributed by atoms with van der Waals surface area (Å²) in [7, 11) is 3.33. The first kappa shape index (κ1) is 17.1. The molecule has 0 saturated heterocycles. The highest BCUT2D eigenvalue weighted by molar-refractivity contribution is 5.77. The van der Waals surface area contributed by atoms with E-state index in [9.17, 15) is 9.18 Å². The second kappa shape index (κ2) is 7.85. The molecule has 2 unspecified atom stereocenters. The highest BCUT2D eigenvalue weighted by Crippen LogP contribution is 2.21. The van der Waals surface area contributed by atoms with Crippen LogP contribution in [0.2, 0.25) is 0 Å². The van der Waals surface area contributed by atoms with Crippen molar-refractivity contribution in [2.45, 2.75) is 18.6 Å². The molecule has 1 amide bonds. The number of rotatable bonds is 7. The molecule has 2 aromatic rings. The molecule has 2 atom stereocenters. The first-order valence-electron chi connectivity index (χ1n) is 7.30. The Hall–Kier alpha value is -2.25. The molecule has 0 radical (unpaired) electrons. The van der Waals surface area contributed by atoms with Gasteiger partial charge < -0.3 is 20.4 Å². The van der Waals surface area contributed by atoms with Gasteiger partial charge in [-0.2, -0.15) is 0 Å². The van der Waals surface area contributed by atoms with Crippen LogP contribution in [0.5, 0.6) is 0 Å². The number of amides is 1. The van der Waals surface area contributed by atoms with Crippen molar-refractivity contribution in [1.82, 2.24) is 14.9 Å². The fourth-order valence-corrected chi connectivity index (χ4v) is 2.33. The summed E-state index contributed by atoms with van der Waals surface area (Å²) in [4.78, 5) is 16.5. The minimum Gasteiger partial charge on any atom is -0.380 e. The lowest BCUT2D eigenvalue weighted by Gasteiger charge is -2.20. The van der Waals surface area contributed by atoms with E-state index < -0.39 is 6.04 Å². The molecule has 23 heavy (non-hydrogen) atoms. The van der Waals surface area contributed by atoms with E-state index in [0.29, 0.717) is 11.4 Å². The van der Waals surface area contributed by atoms with E-state index in [2.05, 4.69) is 10.3 Å². The van der Waals surface area contributed by atoms with Crippen molar-refractivity contribution >= 4 is 5.91 Å². The van der Waals surface area contributed by atoms with E-state index in [0.717, 1.165) is 0 Å². The molecule has 0 saturated carbocycles. The Morgan fingerprint density at radius 2 is 2.30 bits per heavy atom. The Morgan fingerprint density at radius 3 is 2.87 bits per heavy atom. The molecule has 2 rings (SSSR count). The monoisotopic (exact) mass is 320 g/mol. The molecule has 0 aliphatic carbocycles. The van der Waals surface area contributed by atoms with E-state index in [1.165, 1.54) is 19.2 Å². The topological polar surface area (TPSA) is 82.2 Å². The van der Waals surface area contributed by atoms with E-state index in [4.69, 9.17) is 10.5 Å². The summed E-state index contributed by atoms with van der Waals surface area (Å²) >= 11 is 0. The molecule has 0 aliphatic rings. The molecule has 7 heteroatoms. The van der Waals surface area contributed by atoms with E-state index >= 15 is 0 Å². The third kappa shape index (κ3) is 4.37. The number of nitrogens with zero attached hydrogens (tertiary/aromatic N) is 2. The molecule has 6 nitrogen and oxygen atoms in total. The maximum absolute atomic E-state index is 13.5. The highest BCUT2D eigenvalue weighted by Gasteiger charge is 2.22. The Labute approximate surface area is 134 Å². The fourth-order valence-electron chi connectivity index (χ4n) is 2.33. The SMILES string of the molecule is COC(CN)CC(=O)NC(c1cccc(F)c1)c1nccn1C. The summed E-state index contributed by atoms with van der Waals surface area (Å²) < 4.78 is 20.5. The summed E-state index contributed by atoms with van der Waals surface area (Å²) in [6.07, 6.45) is 3.17. The Kier molecular flexibility index (Phi) is 5.84. The average Bonchev–Trinajstić information content (AvgIpc) is 2.96. The first-order chi connectivity index (χ1) is 11.0. The molecule has 1 aromatic carbocycles. The molecule has 0 spiro atoms. The van der Waals surface area contributed by atoms with Gasteiger partial charge in [0.1, 0.15) is 17.7 Å². The number of carbonyl (C=O) groups is 1. The van der Waals surface area contributed by atoms with Gasteiger partial charge in [0.2, 0.25) is 5.91 Å². The normalized spacial score (nSPS) is 13.6. The number of aryl methyl sites for hydroxylation is 1. The van der Waals surface area contributed by atoms with Crippen molar-refractivity contribution < 1.29 is 13.9 Å². The Balaban J connectivity index is 2.25. The molecule has 3 N–H and O–H groups in total. The smallest absolute Gasteiger partial charge is 0.223 e. The van der Waals surface area contributed by atoms with Crippen LogP contribution in [0.15, 0.2) is 36.7 Å². The number of imidazole rings is 1. The molecule has 1 heterocycles. The van der Waals surface area contributed by atoms with Gasteiger partial charge in [0.15, 0.2) is 0 Å². The number of carbonyl (C=O) groups excluding carboxylic acids is 1. The number of benzene rings is 1. The lowest BCUT2D eigenvalue weighted by Crippen LogP contribution is -2.35. The van der Waals surface area contributed by atoms with Crippen molar-refractivity contribution in [2.24, 2.45) is 12.8 Å². The zero-order valence-corrected chi connectivity index (χ0v) is 13.2. The number of halogens is 1. The van der Waals surface area contributed by atoms with Crippen molar-refractivity contribution in [3.63, 3.8) is 0 Å². The van der Waals surface area contributed by atoms with Crippen LogP contribution < -0.4 is 11.1 Å². The number of nitrogens with one attached hydrogen (secondary N) is 1. The van der Waals surface area contributed by atoms with Crippen molar-refractivity contribution in [1.29, 1.82) is 0 Å². The number of hydrogen-bond acceptors (Lipinski definition) is 4. The second-order valence-corrected chi connectivity index (χ2v) is 5.25. The van der Waals surface area contributed by atoms with Crippen molar-refractivity contribution in [3.8, 4) is 0 Å². The maximum Gasteiger partial charge on any atom is 0.223 e. The molecular weight excluding hydrogens is 299 g/mol. The van der Waals surface area contributed by atoms with Gasteiger partial charge in [0, 0.05) is 33.1 Å². The fraction of sp³-hybridized carbons (Fsp3) is 0.375. The van der Waals surface area contributed by atoms with Gasteiger partial charge in [-0.05, 0) is 17.7 Å². The number of aromatic nitrogens is 2. The molecule has 0 aliphatic heterocycles. The van der Waals surface area contributed by atoms with Crippen molar-refractivity contribution in [2.75, 3.05) is 13.7 Å². The van der Waals surface area contributed by atoms with E-state index in [1.54, 1.807) is 29.1 Å². The van der Waals surface area contributed by atoms with Gasteiger partial charge in [-0.15, -0.1) is 0 Å². The van der Waals surface area contributed by atoms with E-state index in [-0.39, 0.29) is 30.8 Å². The third-order valence-corrected chi connectivity index (χ3v) is 3.61. The molecule has 0 fully saturated rings. The lowest BCUT2D eigenvalue weighted by molar-refractivity contribution is -0.123. The van der Waals surface area contributed by atoms with Gasteiger partial charge in [0.05, 0.1) is 12.5 Å². The van der Waals surface area contributed by atoms with Gasteiger partial charge in [-0.3, -0.25) is 4.79 Å². The van der Waals surface area contributed by atoms with Crippen LogP contribution in [0.3, 0.4) is 0 Å². The van der Waals surface area contributed by atoms with Gasteiger partial charge >= 0.3 is 0 Å². The maximum atomic E-state index is 13.5. The molecule has 124 valence electrons. The third-order valence-electron chi connectivity index (χ3n) is 3.61. The van der Waals surface area contributed by atoms with Gasteiger partial charge in [-0.1, -0.05) is 12.1 Å². The molecule has 1 aromatic heterocycles. The summed E-state index contributed by atoms with van der Waals surface area (Å²) in [5, 5.41) is 2.88. The molecular formula is C16H21FN4O2. The summed E-state index contributed by atoms with van der Waals surface area (Å²) in [6.45, 7) is 0.247. The number of methoxy groups -OCH3 is 1. The number of ether oxygens (including phenoxy) is 1. The van der Waals surface area contributed by atoms with E-state index in [1.807, 2.05) is 7.05 Å². The highest BCUT2D eigenvalue weighted by atomic mass is 19.1. The van der Waals surface area contributed by atoms with Crippen LogP contribution in [0.25, 0.3) is 0 Å². The zero-order chi connectivity index (χ0) is 16.8. The van der Waals surface area contributed by atoms with Crippen LogP contribution >= 0.6 is 0 Å². The quantitative estimate of drug-likeness (QED) is 0.801. The molecule has 0 bridgehead atoms. The Morgan fingerprint density at radius 1 is 1.52 bits per heavy atom. The lowest BCUT2D eigenvalue weighted by atomic mass is 10.1. The largest absolute Gasteiger partial charge is 0.380 e. The minimum absolute atomic E-state index is 0.128.